The summed E-state index contributed by atoms with van der Waals surface area (Å²) in [6.45, 7) is 0.559. The normalized spacial score (nSPS) is 15.1. The first-order valence-electron chi connectivity index (χ1n) is 8.08. The summed E-state index contributed by atoms with van der Waals surface area (Å²) in [5.74, 6) is -1.01. The summed E-state index contributed by atoms with van der Waals surface area (Å²) in [6.07, 6.45) is -3.95. The molecule has 25 heavy (non-hydrogen) atoms. The molecular weight excluding hydrogens is 335 g/mol. The smallest absolute Gasteiger partial charge is 0.328 e. The maximum Gasteiger partial charge on any atom is 0.406 e. The van der Waals surface area contributed by atoms with Crippen molar-refractivity contribution >= 4 is 17.5 Å². The van der Waals surface area contributed by atoms with Gasteiger partial charge in [-0.2, -0.15) is 18.3 Å². The highest BCUT2D eigenvalue weighted by atomic mass is 19.4. The van der Waals surface area contributed by atoms with Crippen molar-refractivity contribution in [3.05, 3.63) is 35.9 Å². The van der Waals surface area contributed by atoms with Gasteiger partial charge in [0.25, 0.3) is 5.91 Å². The molecule has 0 atom stereocenters. The average molecular weight is 355 g/mol. The van der Waals surface area contributed by atoms with Gasteiger partial charge >= 0.3 is 6.18 Å². The number of amides is 2. The van der Waals surface area contributed by atoms with E-state index in [1.54, 1.807) is 6.92 Å². The highest BCUT2D eigenvalue weighted by molar-refractivity contribution is 6.39. The number of hydrogen-bond acceptors (Lipinski definition) is 3. The second-order valence-electron chi connectivity index (χ2n) is 5.83. The zero-order chi connectivity index (χ0) is 18.4. The molecule has 1 aliphatic heterocycles. The molecule has 0 unspecified atom stereocenters. The van der Waals surface area contributed by atoms with Gasteiger partial charge < -0.3 is 4.90 Å². The van der Waals surface area contributed by atoms with Gasteiger partial charge in [-0.3, -0.25) is 9.59 Å². The molecule has 2 amide bonds. The van der Waals surface area contributed by atoms with Crippen LogP contribution in [0.4, 0.5) is 13.2 Å². The van der Waals surface area contributed by atoms with E-state index in [1.165, 1.54) is 0 Å². The summed E-state index contributed by atoms with van der Waals surface area (Å²) in [6, 6.07) is 9.08. The molecule has 0 saturated carbocycles. The zero-order valence-corrected chi connectivity index (χ0v) is 13.9. The fraction of sp³-hybridized carbons (Fsp3) is 0.471. The van der Waals surface area contributed by atoms with Crippen LogP contribution in [0.15, 0.2) is 35.4 Å². The van der Waals surface area contributed by atoms with E-state index >= 15 is 0 Å². The van der Waals surface area contributed by atoms with E-state index in [1.807, 2.05) is 30.3 Å². The molecular formula is C17H20F3N3O2. The minimum absolute atomic E-state index is 0.00627. The molecule has 0 N–H and O–H groups in total. The predicted octanol–water partition coefficient (Wildman–Crippen LogP) is 2.97. The molecule has 136 valence electrons. The maximum atomic E-state index is 12.7. The lowest BCUT2D eigenvalue weighted by molar-refractivity contribution is -0.157. The molecule has 8 heteroatoms. The van der Waals surface area contributed by atoms with E-state index in [-0.39, 0.29) is 37.6 Å². The van der Waals surface area contributed by atoms with E-state index in [0.29, 0.717) is 6.42 Å². The summed E-state index contributed by atoms with van der Waals surface area (Å²) in [4.78, 5) is 25.2. The van der Waals surface area contributed by atoms with Crippen LogP contribution in [0.25, 0.3) is 0 Å². The van der Waals surface area contributed by atoms with Crippen molar-refractivity contribution in [2.75, 3.05) is 13.1 Å². The van der Waals surface area contributed by atoms with Crippen LogP contribution < -0.4 is 0 Å². The monoisotopic (exact) mass is 355 g/mol. The number of benzene rings is 1. The van der Waals surface area contributed by atoms with Crippen LogP contribution in [0.2, 0.25) is 0 Å². The number of hydrogen-bond donors (Lipinski definition) is 0. The average Bonchev–Trinajstić information content (AvgIpc) is 2.55. The Morgan fingerprint density at radius 3 is 2.52 bits per heavy atom. The molecule has 1 heterocycles. The number of nitrogens with zero attached hydrogens (tertiary/aromatic N) is 3. The SMILES string of the molecule is CCCN(CC(F)(F)F)C(=O)C1=NN(Cc2ccccc2)C(=O)CC1. The van der Waals surface area contributed by atoms with Gasteiger partial charge in [-0.05, 0) is 12.0 Å². The minimum atomic E-state index is -4.47. The van der Waals surface area contributed by atoms with Crippen molar-refractivity contribution in [2.45, 2.75) is 38.9 Å². The highest BCUT2D eigenvalue weighted by Gasteiger charge is 2.35. The van der Waals surface area contributed by atoms with E-state index in [4.69, 9.17) is 0 Å². The molecule has 0 spiro atoms. The molecule has 0 saturated heterocycles. The van der Waals surface area contributed by atoms with E-state index in [2.05, 4.69) is 5.10 Å². The number of rotatable bonds is 6. The first kappa shape index (κ1) is 19.0. The molecule has 0 radical (unpaired) electrons. The summed E-state index contributed by atoms with van der Waals surface area (Å²) in [7, 11) is 0. The molecule has 5 nitrogen and oxygen atoms in total. The van der Waals surface area contributed by atoms with Crippen molar-refractivity contribution in [1.29, 1.82) is 0 Å². The summed E-state index contributed by atoms with van der Waals surface area (Å²) in [5.41, 5.74) is 0.822. The third kappa shape index (κ3) is 5.58. The van der Waals surface area contributed by atoms with Gasteiger partial charge in [0.05, 0.1) is 6.54 Å². The second-order valence-corrected chi connectivity index (χ2v) is 5.83. The lowest BCUT2D eigenvalue weighted by Gasteiger charge is -2.27. The van der Waals surface area contributed by atoms with Crippen LogP contribution in [-0.2, 0) is 16.1 Å². The fourth-order valence-corrected chi connectivity index (χ4v) is 2.56. The molecule has 0 bridgehead atoms. The van der Waals surface area contributed by atoms with Crippen LogP contribution in [0.1, 0.15) is 31.7 Å². The van der Waals surface area contributed by atoms with E-state index < -0.39 is 18.6 Å². The Bertz CT molecular complexity index is 644. The third-order valence-corrected chi connectivity index (χ3v) is 3.68. The molecule has 1 aromatic rings. The van der Waals surface area contributed by atoms with Crippen molar-refractivity contribution in [3.63, 3.8) is 0 Å². The topological polar surface area (TPSA) is 53.0 Å². The Labute approximate surface area is 144 Å². The van der Waals surface area contributed by atoms with Crippen LogP contribution in [0, 0.1) is 0 Å². The van der Waals surface area contributed by atoms with E-state index in [0.717, 1.165) is 15.5 Å². The lowest BCUT2D eigenvalue weighted by Crippen LogP contribution is -2.45. The summed E-state index contributed by atoms with van der Waals surface area (Å²) < 4.78 is 38.1. The fourth-order valence-electron chi connectivity index (χ4n) is 2.56. The number of carbonyl (C=O) groups excluding carboxylic acids is 2. The molecule has 2 rings (SSSR count). The van der Waals surface area contributed by atoms with Crippen molar-refractivity contribution in [2.24, 2.45) is 5.10 Å². The van der Waals surface area contributed by atoms with E-state index in [9.17, 15) is 22.8 Å². The Balaban J connectivity index is 2.16. The van der Waals surface area contributed by atoms with Crippen LogP contribution in [0.3, 0.4) is 0 Å². The highest BCUT2D eigenvalue weighted by Crippen LogP contribution is 2.19. The van der Waals surface area contributed by atoms with Crippen LogP contribution in [-0.4, -0.2) is 46.7 Å². The van der Waals surface area contributed by atoms with Crippen LogP contribution >= 0.6 is 0 Å². The first-order chi connectivity index (χ1) is 11.8. The Morgan fingerprint density at radius 2 is 1.92 bits per heavy atom. The Hall–Kier alpha value is -2.38. The van der Waals surface area contributed by atoms with Crippen molar-refractivity contribution in [3.8, 4) is 0 Å². The van der Waals surface area contributed by atoms with Gasteiger partial charge in [0, 0.05) is 19.4 Å². The third-order valence-electron chi connectivity index (χ3n) is 3.68. The van der Waals surface area contributed by atoms with Gasteiger partial charge in [0.1, 0.15) is 12.3 Å². The number of hydrazone groups is 1. The van der Waals surface area contributed by atoms with Gasteiger partial charge in [-0.1, -0.05) is 37.3 Å². The molecule has 1 aromatic carbocycles. The lowest BCUT2D eigenvalue weighted by atomic mass is 10.1. The standard InChI is InChI=1S/C17H20F3N3O2/c1-2-10-22(12-17(18,19)20)16(25)14-8-9-15(24)23(21-14)11-13-6-4-3-5-7-13/h3-7H,2,8-12H2,1H3. The molecule has 1 aliphatic rings. The Kier molecular flexibility index (Phi) is 6.17. The Morgan fingerprint density at radius 1 is 1.24 bits per heavy atom. The second kappa shape index (κ2) is 8.13. The summed E-state index contributed by atoms with van der Waals surface area (Å²) >= 11 is 0. The molecule has 0 fully saturated rings. The number of halogens is 3. The van der Waals surface area contributed by atoms with Gasteiger partial charge in [0.15, 0.2) is 0 Å². The number of carbonyl (C=O) groups is 2. The first-order valence-corrected chi connectivity index (χ1v) is 8.08. The summed E-state index contributed by atoms with van der Waals surface area (Å²) in [5, 5.41) is 5.19. The van der Waals surface area contributed by atoms with Gasteiger partial charge in [-0.25, -0.2) is 5.01 Å². The van der Waals surface area contributed by atoms with Gasteiger partial charge in [0.2, 0.25) is 5.91 Å². The zero-order valence-electron chi connectivity index (χ0n) is 13.9. The largest absolute Gasteiger partial charge is 0.406 e. The van der Waals surface area contributed by atoms with Crippen molar-refractivity contribution in [1.82, 2.24) is 9.91 Å². The van der Waals surface area contributed by atoms with Crippen LogP contribution in [0.5, 0.6) is 0 Å². The van der Waals surface area contributed by atoms with Crippen molar-refractivity contribution < 1.29 is 22.8 Å². The van der Waals surface area contributed by atoms with Gasteiger partial charge in [-0.15, -0.1) is 0 Å². The number of alkyl halides is 3. The molecule has 0 aromatic heterocycles. The quantitative estimate of drug-likeness (QED) is 0.788. The maximum absolute atomic E-state index is 12.7. The minimum Gasteiger partial charge on any atom is -0.328 e. The predicted molar refractivity (Wildman–Crippen MR) is 86.6 cm³/mol. The molecule has 0 aliphatic carbocycles.